The van der Waals surface area contributed by atoms with Crippen LogP contribution in [0.4, 0.5) is 11.9 Å². The minimum atomic E-state index is -0.229. The van der Waals surface area contributed by atoms with Gasteiger partial charge in [-0.2, -0.15) is 4.98 Å². The van der Waals surface area contributed by atoms with Crippen molar-refractivity contribution in [1.29, 1.82) is 0 Å². The fourth-order valence-corrected chi connectivity index (χ4v) is 4.58. The number of morpholine rings is 1. The molecule has 0 aliphatic carbocycles. The lowest BCUT2D eigenvalue weighted by Gasteiger charge is -2.25. The van der Waals surface area contributed by atoms with Gasteiger partial charge >= 0.3 is 0 Å². The number of thioether (sulfide) groups is 1. The van der Waals surface area contributed by atoms with Gasteiger partial charge in [-0.15, -0.1) is 16.9 Å². The van der Waals surface area contributed by atoms with E-state index in [2.05, 4.69) is 15.2 Å². The van der Waals surface area contributed by atoms with Gasteiger partial charge in [-0.25, -0.2) is 5.10 Å². The zero-order valence-electron chi connectivity index (χ0n) is 16.0. The Morgan fingerprint density at radius 1 is 1.21 bits per heavy atom. The maximum absolute atomic E-state index is 12.9. The van der Waals surface area contributed by atoms with E-state index in [4.69, 9.17) is 14.2 Å². The van der Waals surface area contributed by atoms with Gasteiger partial charge in [0.25, 0.3) is 0 Å². The monoisotopic (exact) mass is 405 g/mol. The Labute approximate surface area is 167 Å². The van der Waals surface area contributed by atoms with E-state index in [9.17, 15) is 4.79 Å². The van der Waals surface area contributed by atoms with E-state index < -0.39 is 0 Å². The van der Waals surface area contributed by atoms with Gasteiger partial charge in [-0.3, -0.25) is 9.69 Å². The lowest BCUT2D eigenvalue weighted by Crippen LogP contribution is -2.37. The van der Waals surface area contributed by atoms with Gasteiger partial charge in [-0.1, -0.05) is 6.07 Å². The van der Waals surface area contributed by atoms with E-state index in [0.717, 1.165) is 18.7 Å². The Kier molecular flexibility index (Phi) is 5.31. The van der Waals surface area contributed by atoms with Gasteiger partial charge in [0.05, 0.1) is 32.7 Å². The van der Waals surface area contributed by atoms with Crippen LogP contribution in [0.3, 0.4) is 0 Å². The lowest BCUT2D eigenvalue weighted by atomic mass is 10.2. The molecule has 2 aromatic rings. The summed E-state index contributed by atoms with van der Waals surface area (Å²) in [5, 5.41) is 6.84. The second-order valence-electron chi connectivity index (χ2n) is 6.51. The van der Waals surface area contributed by atoms with Crippen molar-refractivity contribution in [3.05, 3.63) is 23.8 Å². The molecule has 1 N–H and O–H groups in total. The molecule has 2 aliphatic rings. The van der Waals surface area contributed by atoms with Crippen molar-refractivity contribution in [3.63, 3.8) is 0 Å². The van der Waals surface area contributed by atoms with Gasteiger partial charge < -0.3 is 19.1 Å². The number of hydrogen-bond donors (Lipinski definition) is 1. The summed E-state index contributed by atoms with van der Waals surface area (Å²) in [5.74, 6) is 2.30. The molecule has 1 aromatic heterocycles. The molecule has 3 heterocycles. The van der Waals surface area contributed by atoms with E-state index in [-0.39, 0.29) is 16.5 Å². The highest BCUT2D eigenvalue weighted by Gasteiger charge is 2.41. The van der Waals surface area contributed by atoms with Gasteiger partial charge in [0, 0.05) is 13.1 Å². The molecule has 1 aromatic carbocycles. The first-order valence-electron chi connectivity index (χ1n) is 9.08. The summed E-state index contributed by atoms with van der Waals surface area (Å²) in [4.78, 5) is 21.2. The van der Waals surface area contributed by atoms with Crippen LogP contribution in [0.5, 0.6) is 11.5 Å². The number of aromatic amines is 1. The third-order valence-corrected chi connectivity index (χ3v) is 6.18. The van der Waals surface area contributed by atoms with Gasteiger partial charge in [0.15, 0.2) is 11.5 Å². The second kappa shape index (κ2) is 7.88. The highest BCUT2D eigenvalue weighted by atomic mass is 32.2. The van der Waals surface area contributed by atoms with Crippen LogP contribution < -0.4 is 19.3 Å². The third kappa shape index (κ3) is 3.37. The summed E-state index contributed by atoms with van der Waals surface area (Å²) < 4.78 is 16.1. The number of carbonyl (C=O) groups is 1. The molecule has 0 radical (unpaired) electrons. The van der Waals surface area contributed by atoms with E-state index >= 15 is 0 Å². The van der Waals surface area contributed by atoms with Crippen LogP contribution in [0.25, 0.3) is 0 Å². The Morgan fingerprint density at radius 2 is 1.96 bits per heavy atom. The van der Waals surface area contributed by atoms with Crippen molar-refractivity contribution >= 4 is 29.6 Å². The minimum absolute atomic E-state index is 0.00513. The largest absolute Gasteiger partial charge is 0.493 e. The van der Waals surface area contributed by atoms with Crippen molar-refractivity contribution in [2.45, 2.75) is 17.5 Å². The fraction of sp³-hybridized carbons (Fsp3) is 0.500. The number of ether oxygens (including phenoxy) is 3. The second-order valence-corrected chi connectivity index (χ2v) is 7.94. The number of rotatable bonds is 5. The standard InChI is InChI=1S/C18H23N5O4S/c1-11-15(24)23(18-19-17(20-21-18)22-6-8-27-9-7-22)16(28-11)12-4-5-13(25-2)14(10-12)26-3/h4-5,10-11,16H,6-9H2,1-3H3,(H,19,20,21)/t11?,16-/m1/s1. The van der Waals surface area contributed by atoms with Crippen molar-refractivity contribution in [1.82, 2.24) is 15.2 Å². The van der Waals surface area contributed by atoms with Crippen LogP contribution in [-0.4, -0.2) is 66.9 Å². The highest BCUT2D eigenvalue weighted by molar-refractivity contribution is 8.01. The number of benzene rings is 1. The van der Waals surface area contributed by atoms with Crippen LogP contribution in [0.1, 0.15) is 17.9 Å². The van der Waals surface area contributed by atoms with E-state index in [0.29, 0.717) is 36.6 Å². The third-order valence-electron chi connectivity index (χ3n) is 4.83. The number of hydrogen-bond acceptors (Lipinski definition) is 8. The molecule has 0 spiro atoms. The molecular formula is C18H23N5O4S. The summed E-state index contributed by atoms with van der Waals surface area (Å²) in [5.41, 5.74) is 0.935. The normalized spacial score (nSPS) is 22.6. The summed E-state index contributed by atoms with van der Waals surface area (Å²) >= 11 is 1.57. The zero-order chi connectivity index (χ0) is 19.7. The van der Waals surface area contributed by atoms with Crippen LogP contribution in [0.15, 0.2) is 18.2 Å². The van der Waals surface area contributed by atoms with E-state index in [1.54, 1.807) is 30.9 Å². The van der Waals surface area contributed by atoms with E-state index in [1.807, 2.05) is 30.0 Å². The molecule has 10 heteroatoms. The molecule has 1 amide bonds. The molecule has 150 valence electrons. The number of H-pyrrole nitrogens is 1. The molecule has 0 saturated carbocycles. The number of amides is 1. The smallest absolute Gasteiger partial charge is 0.246 e. The van der Waals surface area contributed by atoms with Crippen LogP contribution >= 0.6 is 11.8 Å². The number of aromatic nitrogens is 3. The Balaban J connectivity index is 1.65. The molecule has 2 fully saturated rings. The topological polar surface area (TPSA) is 92.8 Å². The number of methoxy groups -OCH3 is 2. The number of nitrogens with zero attached hydrogens (tertiary/aromatic N) is 4. The SMILES string of the molecule is COc1ccc([C@H]2SC(C)C(=O)N2c2nc(N3CCOCC3)n[nH]2)cc1OC. The molecule has 28 heavy (non-hydrogen) atoms. The first kappa shape index (κ1) is 18.9. The Morgan fingerprint density at radius 3 is 2.68 bits per heavy atom. The molecular weight excluding hydrogens is 382 g/mol. The van der Waals surface area contributed by atoms with Gasteiger partial charge in [0.2, 0.25) is 17.8 Å². The fourth-order valence-electron chi connectivity index (χ4n) is 3.33. The quantitative estimate of drug-likeness (QED) is 0.805. The summed E-state index contributed by atoms with van der Waals surface area (Å²) in [6.45, 7) is 4.66. The van der Waals surface area contributed by atoms with Crippen molar-refractivity contribution < 1.29 is 19.0 Å². The highest BCUT2D eigenvalue weighted by Crippen LogP contribution is 2.46. The molecule has 2 saturated heterocycles. The molecule has 1 unspecified atom stereocenters. The maximum Gasteiger partial charge on any atom is 0.246 e. The zero-order valence-corrected chi connectivity index (χ0v) is 16.9. The molecule has 0 bridgehead atoms. The van der Waals surface area contributed by atoms with Gasteiger partial charge in [0.1, 0.15) is 5.37 Å². The first-order chi connectivity index (χ1) is 13.6. The van der Waals surface area contributed by atoms with Crippen LogP contribution in [0.2, 0.25) is 0 Å². The average molecular weight is 405 g/mol. The predicted octanol–water partition coefficient (Wildman–Crippen LogP) is 1.83. The lowest BCUT2D eigenvalue weighted by molar-refractivity contribution is -0.117. The molecule has 2 atom stereocenters. The average Bonchev–Trinajstić information content (AvgIpc) is 3.33. The number of nitrogens with one attached hydrogen (secondary N) is 1. The summed E-state index contributed by atoms with van der Waals surface area (Å²) in [6.07, 6.45) is 0. The summed E-state index contributed by atoms with van der Waals surface area (Å²) in [6, 6.07) is 5.69. The van der Waals surface area contributed by atoms with E-state index in [1.165, 1.54) is 0 Å². The number of carbonyl (C=O) groups excluding carboxylic acids is 1. The number of anilines is 2. The van der Waals surface area contributed by atoms with Gasteiger partial charge in [-0.05, 0) is 24.6 Å². The first-order valence-corrected chi connectivity index (χ1v) is 10.0. The Hall–Kier alpha value is -2.46. The van der Waals surface area contributed by atoms with Crippen molar-refractivity contribution in [3.8, 4) is 11.5 Å². The molecule has 4 rings (SSSR count). The summed E-state index contributed by atoms with van der Waals surface area (Å²) in [7, 11) is 3.20. The maximum atomic E-state index is 12.9. The molecule has 9 nitrogen and oxygen atoms in total. The minimum Gasteiger partial charge on any atom is -0.493 e. The van der Waals surface area contributed by atoms with Crippen molar-refractivity contribution in [2.24, 2.45) is 0 Å². The van der Waals surface area contributed by atoms with Crippen LogP contribution in [-0.2, 0) is 9.53 Å². The molecule has 2 aliphatic heterocycles. The Bertz CT molecular complexity index is 854. The predicted molar refractivity (Wildman–Crippen MR) is 106 cm³/mol. The van der Waals surface area contributed by atoms with Crippen LogP contribution in [0, 0.1) is 0 Å². The van der Waals surface area contributed by atoms with Crippen molar-refractivity contribution in [2.75, 3.05) is 50.3 Å².